The van der Waals surface area contributed by atoms with Gasteiger partial charge in [0.1, 0.15) is 35.4 Å². The van der Waals surface area contributed by atoms with E-state index < -0.39 is 35.7 Å². The molecule has 3 N–H and O–H groups in total. The molecule has 274 valence electrons. The number of anilines is 1. The van der Waals surface area contributed by atoms with Gasteiger partial charge in [0.25, 0.3) is 5.56 Å². The van der Waals surface area contributed by atoms with Gasteiger partial charge in [-0.05, 0) is 41.0 Å². The van der Waals surface area contributed by atoms with Gasteiger partial charge in [-0.25, -0.2) is 4.98 Å². The Kier molecular flexibility index (Phi) is 11.3. The van der Waals surface area contributed by atoms with Crippen LogP contribution in [0.5, 0.6) is 11.5 Å². The number of H-pyrrole nitrogens is 1. The van der Waals surface area contributed by atoms with Crippen LogP contribution in [0.1, 0.15) is 36.8 Å². The molecular weight excluding hydrogens is 670 g/mol. The second-order valence-corrected chi connectivity index (χ2v) is 12.6. The van der Waals surface area contributed by atoms with Crippen LogP contribution in [0, 0.1) is 5.92 Å². The number of fused-ring (bicyclic) bond motifs is 1. The summed E-state index contributed by atoms with van der Waals surface area (Å²) in [5.74, 6) is 0.647. The number of aromatic amines is 1. The number of aliphatic hydroxyl groups excluding tert-OH is 1. The fraction of sp³-hybridized carbons (Fsp3) is 0.368. The molecule has 52 heavy (non-hydrogen) atoms. The highest BCUT2D eigenvalue weighted by Gasteiger charge is 2.48. The predicted octanol–water partition coefficient (Wildman–Crippen LogP) is 4.03. The van der Waals surface area contributed by atoms with E-state index in [1.54, 1.807) is 35.2 Å². The summed E-state index contributed by atoms with van der Waals surface area (Å²) in [6.45, 7) is 3.77. The van der Waals surface area contributed by atoms with E-state index in [9.17, 15) is 14.7 Å². The molecule has 1 amide bonds. The number of amides is 1. The van der Waals surface area contributed by atoms with Gasteiger partial charge in [-0.15, -0.1) is 0 Å². The third-order valence-electron chi connectivity index (χ3n) is 9.02. The second-order valence-electron chi connectivity index (χ2n) is 12.6. The highest BCUT2D eigenvalue weighted by Crippen LogP contribution is 2.43. The standard InChI is InChI=1S/C38H43N5O9/c1-23(2)34(45)41-37-40-33-30(35(46)42-37)39-22-43(33)36-32(50-20-19-47-3)31(44)29(52-36)21-51-38(24-9-7-6-8-10-24,25-11-15-27(48-4)16-12-25)26-13-17-28(49-5)18-14-26/h6-18,22-23,29,31-32,36,44H,19-21H2,1-5H3,(H2,40,41,42,45,46)/t29-,31-,32-,36-/m0/s1. The summed E-state index contributed by atoms with van der Waals surface area (Å²) in [7, 11) is 4.77. The van der Waals surface area contributed by atoms with Crippen LogP contribution in [0.3, 0.4) is 0 Å². The topological polar surface area (TPSA) is 168 Å². The van der Waals surface area contributed by atoms with Crippen LogP contribution in [0.2, 0.25) is 0 Å². The Labute approximate surface area is 300 Å². The highest BCUT2D eigenvalue weighted by atomic mass is 16.6. The maximum atomic E-state index is 13.0. The van der Waals surface area contributed by atoms with Crippen molar-refractivity contribution in [2.45, 2.75) is 44.0 Å². The van der Waals surface area contributed by atoms with Gasteiger partial charge in [0.2, 0.25) is 11.9 Å². The number of imidazole rings is 1. The van der Waals surface area contributed by atoms with Gasteiger partial charge in [0.15, 0.2) is 17.4 Å². The summed E-state index contributed by atoms with van der Waals surface area (Å²) >= 11 is 0. The smallest absolute Gasteiger partial charge is 0.280 e. The lowest BCUT2D eigenvalue weighted by Crippen LogP contribution is -2.40. The Morgan fingerprint density at radius 3 is 2.13 bits per heavy atom. The van der Waals surface area contributed by atoms with Crippen LogP contribution in [0.25, 0.3) is 11.2 Å². The number of nitrogens with one attached hydrogen (secondary N) is 2. The van der Waals surface area contributed by atoms with Gasteiger partial charge in [-0.3, -0.25) is 24.5 Å². The quantitative estimate of drug-likeness (QED) is 0.106. The van der Waals surface area contributed by atoms with E-state index in [0.717, 1.165) is 16.7 Å². The minimum atomic E-state index is -1.19. The summed E-state index contributed by atoms with van der Waals surface area (Å²) in [6, 6.07) is 25.0. The summed E-state index contributed by atoms with van der Waals surface area (Å²) in [6.07, 6.45) is -2.64. The van der Waals surface area contributed by atoms with Gasteiger partial charge in [0.05, 0.1) is 40.4 Å². The van der Waals surface area contributed by atoms with Crippen LogP contribution in [0.15, 0.2) is 90.0 Å². The monoisotopic (exact) mass is 713 g/mol. The normalized spacial score (nSPS) is 18.9. The van der Waals surface area contributed by atoms with Crippen molar-refractivity contribution in [3.63, 3.8) is 0 Å². The number of rotatable bonds is 15. The number of nitrogens with zero attached hydrogens (tertiary/aromatic N) is 3. The van der Waals surface area contributed by atoms with Crippen LogP contribution in [-0.4, -0.2) is 90.0 Å². The lowest BCUT2D eigenvalue weighted by atomic mass is 9.80. The number of methoxy groups -OCH3 is 3. The van der Waals surface area contributed by atoms with Gasteiger partial charge in [0, 0.05) is 13.0 Å². The largest absolute Gasteiger partial charge is 0.497 e. The number of carbonyl (C=O) groups is 1. The molecule has 3 heterocycles. The van der Waals surface area contributed by atoms with Crippen LogP contribution >= 0.6 is 0 Å². The first kappa shape index (κ1) is 36.7. The molecule has 14 heteroatoms. The molecule has 0 saturated carbocycles. The molecular formula is C38H43N5O9. The van der Waals surface area contributed by atoms with Crippen LogP contribution in [0.4, 0.5) is 5.95 Å². The minimum Gasteiger partial charge on any atom is -0.497 e. The van der Waals surface area contributed by atoms with Crippen LogP contribution in [-0.2, 0) is 29.3 Å². The van der Waals surface area contributed by atoms with Crippen LogP contribution < -0.4 is 20.3 Å². The van der Waals surface area contributed by atoms with Gasteiger partial charge >= 0.3 is 0 Å². The third kappa shape index (κ3) is 7.29. The Morgan fingerprint density at radius 2 is 1.56 bits per heavy atom. The molecule has 2 aromatic heterocycles. The van der Waals surface area contributed by atoms with Crippen molar-refractivity contribution in [3.05, 3.63) is 112 Å². The molecule has 1 fully saturated rings. The van der Waals surface area contributed by atoms with E-state index in [-0.39, 0.29) is 48.8 Å². The molecule has 1 aliphatic heterocycles. The van der Waals surface area contributed by atoms with Crippen molar-refractivity contribution >= 4 is 23.0 Å². The molecule has 0 bridgehead atoms. The first-order valence-corrected chi connectivity index (χ1v) is 16.9. The average molecular weight is 714 g/mol. The van der Waals surface area contributed by atoms with Crippen molar-refractivity contribution < 1.29 is 38.3 Å². The average Bonchev–Trinajstić information content (AvgIpc) is 3.73. The van der Waals surface area contributed by atoms with E-state index in [2.05, 4.69) is 20.3 Å². The Morgan fingerprint density at radius 1 is 0.942 bits per heavy atom. The van der Waals surface area contributed by atoms with Crippen molar-refractivity contribution in [3.8, 4) is 11.5 Å². The maximum Gasteiger partial charge on any atom is 0.280 e. The number of hydrogen-bond donors (Lipinski definition) is 3. The first-order chi connectivity index (χ1) is 25.2. The zero-order valence-corrected chi connectivity index (χ0v) is 29.6. The summed E-state index contributed by atoms with van der Waals surface area (Å²) in [4.78, 5) is 36.8. The Balaban J connectivity index is 1.40. The fourth-order valence-electron chi connectivity index (χ4n) is 6.24. The molecule has 14 nitrogen and oxygen atoms in total. The number of carbonyl (C=O) groups excluding carboxylic acids is 1. The predicted molar refractivity (Wildman–Crippen MR) is 191 cm³/mol. The Bertz CT molecular complexity index is 1950. The molecule has 6 rings (SSSR count). The summed E-state index contributed by atoms with van der Waals surface area (Å²) < 4.78 is 37.4. The molecule has 3 aromatic carbocycles. The Hall–Kier alpha value is -5.12. The van der Waals surface area contributed by atoms with Crippen molar-refractivity contribution in [2.24, 2.45) is 5.92 Å². The number of aliphatic hydroxyl groups is 1. The van der Waals surface area contributed by atoms with E-state index >= 15 is 0 Å². The van der Waals surface area contributed by atoms with Crippen molar-refractivity contribution in [2.75, 3.05) is 46.5 Å². The zero-order valence-electron chi connectivity index (χ0n) is 29.6. The molecule has 0 unspecified atom stereocenters. The van der Waals surface area contributed by atoms with Gasteiger partial charge < -0.3 is 33.5 Å². The zero-order chi connectivity index (χ0) is 36.8. The van der Waals surface area contributed by atoms with E-state index in [0.29, 0.717) is 11.5 Å². The molecule has 0 spiro atoms. The molecule has 5 aromatic rings. The third-order valence-corrected chi connectivity index (χ3v) is 9.02. The van der Waals surface area contributed by atoms with Crippen molar-refractivity contribution in [1.29, 1.82) is 0 Å². The van der Waals surface area contributed by atoms with E-state index in [1.807, 2.05) is 78.9 Å². The lowest BCUT2D eigenvalue weighted by Gasteiger charge is -2.37. The number of hydrogen-bond acceptors (Lipinski definition) is 11. The molecule has 4 atom stereocenters. The lowest BCUT2D eigenvalue weighted by molar-refractivity contribution is -0.118. The highest BCUT2D eigenvalue weighted by molar-refractivity contribution is 5.91. The maximum absolute atomic E-state index is 13.0. The van der Waals surface area contributed by atoms with E-state index in [4.69, 9.17) is 28.4 Å². The van der Waals surface area contributed by atoms with Gasteiger partial charge in [-0.2, -0.15) is 4.98 Å². The number of ether oxygens (including phenoxy) is 6. The van der Waals surface area contributed by atoms with E-state index in [1.165, 1.54) is 10.9 Å². The van der Waals surface area contributed by atoms with Gasteiger partial charge in [-0.1, -0.05) is 68.4 Å². The summed E-state index contributed by atoms with van der Waals surface area (Å²) in [5, 5.41) is 14.5. The molecule has 1 aliphatic rings. The summed E-state index contributed by atoms with van der Waals surface area (Å²) in [5.41, 5.74) is 0.887. The number of benzene rings is 3. The SMILES string of the molecule is COCCO[C@H]1[C@@H](O)[C@H](COC(c2ccccc2)(c2ccc(OC)cc2)c2ccc(OC)cc2)O[C@@H]1n1cnc2c(=O)[nH]c(NC(=O)C(C)C)nc21. The second kappa shape index (κ2) is 16.0. The fourth-order valence-corrected chi connectivity index (χ4v) is 6.24. The minimum absolute atomic E-state index is 0.0260. The van der Waals surface area contributed by atoms with Crippen molar-refractivity contribution in [1.82, 2.24) is 19.5 Å². The molecule has 0 radical (unpaired) electrons. The first-order valence-electron chi connectivity index (χ1n) is 16.9. The number of aromatic nitrogens is 4. The molecule has 0 aliphatic carbocycles. The molecule has 1 saturated heterocycles.